The van der Waals surface area contributed by atoms with Crippen LogP contribution in [0.1, 0.15) is 18.9 Å². The summed E-state index contributed by atoms with van der Waals surface area (Å²) in [5.74, 6) is -0.273. The van der Waals surface area contributed by atoms with Crippen molar-refractivity contribution in [1.82, 2.24) is 4.90 Å². The van der Waals surface area contributed by atoms with Crippen molar-refractivity contribution >= 4 is 0 Å². The standard InChI is InChI=1S/C14H20FNO2/c1-10-5-6-16(9-14(10)18-2)8-11-3-4-13(17)12(15)7-11/h3-4,7,10,14,17H,5-6,8-9H2,1-2H3. The number of aromatic hydroxyl groups is 1. The molecule has 18 heavy (non-hydrogen) atoms. The third-order valence-corrected chi connectivity index (χ3v) is 3.69. The van der Waals surface area contributed by atoms with Gasteiger partial charge in [-0.25, -0.2) is 4.39 Å². The maximum atomic E-state index is 13.2. The lowest BCUT2D eigenvalue weighted by Gasteiger charge is -2.36. The number of benzene rings is 1. The number of ether oxygens (including phenoxy) is 1. The maximum absolute atomic E-state index is 13.2. The quantitative estimate of drug-likeness (QED) is 0.897. The van der Waals surface area contributed by atoms with Gasteiger partial charge in [0, 0.05) is 20.2 Å². The number of nitrogens with zero attached hydrogens (tertiary/aromatic N) is 1. The Morgan fingerprint density at radius 1 is 1.50 bits per heavy atom. The van der Waals surface area contributed by atoms with Gasteiger partial charge in [0.05, 0.1) is 6.10 Å². The van der Waals surface area contributed by atoms with Crippen molar-refractivity contribution in [1.29, 1.82) is 0 Å². The summed E-state index contributed by atoms with van der Waals surface area (Å²) in [6.07, 6.45) is 1.35. The van der Waals surface area contributed by atoms with Crippen molar-refractivity contribution in [3.8, 4) is 5.75 Å². The van der Waals surface area contributed by atoms with E-state index in [0.717, 1.165) is 25.1 Å². The predicted molar refractivity (Wildman–Crippen MR) is 67.9 cm³/mol. The zero-order chi connectivity index (χ0) is 13.1. The monoisotopic (exact) mass is 253 g/mol. The van der Waals surface area contributed by atoms with Crippen molar-refractivity contribution < 1.29 is 14.2 Å². The van der Waals surface area contributed by atoms with E-state index >= 15 is 0 Å². The highest BCUT2D eigenvalue weighted by Gasteiger charge is 2.25. The van der Waals surface area contributed by atoms with Crippen LogP contribution < -0.4 is 0 Å². The highest BCUT2D eigenvalue weighted by molar-refractivity contribution is 5.27. The predicted octanol–water partition coefficient (Wildman–Crippen LogP) is 2.39. The van der Waals surface area contributed by atoms with Crippen molar-refractivity contribution in [3.05, 3.63) is 29.6 Å². The van der Waals surface area contributed by atoms with Crippen molar-refractivity contribution in [2.24, 2.45) is 5.92 Å². The van der Waals surface area contributed by atoms with Gasteiger partial charge in [0.1, 0.15) is 0 Å². The molecule has 1 aromatic rings. The van der Waals surface area contributed by atoms with Crippen LogP contribution >= 0.6 is 0 Å². The number of halogens is 1. The Morgan fingerprint density at radius 3 is 2.94 bits per heavy atom. The Balaban J connectivity index is 1.99. The van der Waals surface area contributed by atoms with Gasteiger partial charge in [0.2, 0.25) is 0 Å². The van der Waals surface area contributed by atoms with Crippen molar-refractivity contribution in [3.63, 3.8) is 0 Å². The van der Waals surface area contributed by atoms with Crippen LogP contribution in [0.4, 0.5) is 4.39 Å². The minimum atomic E-state index is -0.554. The zero-order valence-electron chi connectivity index (χ0n) is 10.9. The Bertz CT molecular complexity index is 411. The molecule has 0 aromatic heterocycles. The highest BCUT2D eigenvalue weighted by atomic mass is 19.1. The first-order valence-electron chi connectivity index (χ1n) is 6.32. The van der Waals surface area contributed by atoms with Crippen molar-refractivity contribution in [2.75, 3.05) is 20.2 Å². The fourth-order valence-electron chi connectivity index (χ4n) is 2.46. The molecule has 2 atom stereocenters. The largest absolute Gasteiger partial charge is 0.505 e. The lowest BCUT2D eigenvalue weighted by atomic mass is 9.95. The fourth-order valence-corrected chi connectivity index (χ4v) is 2.46. The van der Waals surface area contributed by atoms with Crippen LogP contribution in [0.2, 0.25) is 0 Å². The molecule has 2 unspecified atom stereocenters. The molecule has 1 heterocycles. The van der Waals surface area contributed by atoms with E-state index in [9.17, 15) is 4.39 Å². The minimum Gasteiger partial charge on any atom is -0.505 e. The second-order valence-electron chi connectivity index (χ2n) is 5.06. The van der Waals surface area contributed by atoms with Gasteiger partial charge in [-0.2, -0.15) is 0 Å². The number of phenolic OH excluding ortho intramolecular Hbond substituents is 1. The molecule has 0 aliphatic carbocycles. The number of hydrogen-bond donors (Lipinski definition) is 1. The van der Waals surface area contributed by atoms with Crippen LogP contribution in [-0.4, -0.2) is 36.3 Å². The van der Waals surface area contributed by atoms with Crippen LogP contribution in [-0.2, 0) is 11.3 Å². The fraction of sp³-hybridized carbons (Fsp3) is 0.571. The third kappa shape index (κ3) is 3.00. The van der Waals surface area contributed by atoms with E-state index in [2.05, 4.69) is 11.8 Å². The molecule has 0 amide bonds. The third-order valence-electron chi connectivity index (χ3n) is 3.69. The van der Waals surface area contributed by atoms with E-state index < -0.39 is 5.82 Å². The second kappa shape index (κ2) is 5.67. The molecular formula is C14H20FNO2. The Morgan fingerprint density at radius 2 is 2.28 bits per heavy atom. The van der Waals surface area contributed by atoms with Crippen LogP contribution in [0.15, 0.2) is 18.2 Å². The zero-order valence-corrected chi connectivity index (χ0v) is 10.9. The van der Waals surface area contributed by atoms with Gasteiger partial charge >= 0.3 is 0 Å². The first kappa shape index (κ1) is 13.3. The van der Waals surface area contributed by atoms with Gasteiger partial charge in [-0.1, -0.05) is 13.0 Å². The van der Waals surface area contributed by atoms with Gasteiger partial charge in [0.25, 0.3) is 0 Å². The molecule has 2 rings (SSSR count). The number of hydrogen-bond acceptors (Lipinski definition) is 3. The number of methoxy groups -OCH3 is 1. The highest BCUT2D eigenvalue weighted by Crippen LogP contribution is 2.22. The lowest BCUT2D eigenvalue weighted by molar-refractivity contribution is -0.00747. The van der Waals surface area contributed by atoms with Crippen LogP contribution in [0, 0.1) is 11.7 Å². The van der Waals surface area contributed by atoms with Crippen LogP contribution in [0.5, 0.6) is 5.75 Å². The molecule has 1 N–H and O–H groups in total. The molecule has 3 nitrogen and oxygen atoms in total. The molecule has 0 spiro atoms. The maximum Gasteiger partial charge on any atom is 0.165 e. The number of rotatable bonds is 3. The van der Waals surface area contributed by atoms with E-state index in [1.165, 1.54) is 12.1 Å². The van der Waals surface area contributed by atoms with Crippen LogP contribution in [0.3, 0.4) is 0 Å². The summed E-state index contributed by atoms with van der Waals surface area (Å²) in [7, 11) is 1.74. The molecule has 0 bridgehead atoms. The molecule has 1 aliphatic rings. The summed E-state index contributed by atoms with van der Waals surface area (Å²) in [6.45, 7) is 4.78. The Kier molecular flexibility index (Phi) is 4.19. The normalized spacial score (nSPS) is 25.3. The van der Waals surface area contributed by atoms with Gasteiger partial charge in [-0.3, -0.25) is 4.90 Å². The van der Waals surface area contributed by atoms with Crippen molar-refractivity contribution in [2.45, 2.75) is 26.0 Å². The van der Waals surface area contributed by atoms with E-state index in [-0.39, 0.29) is 11.9 Å². The molecule has 1 aliphatic heterocycles. The summed E-state index contributed by atoms with van der Waals surface area (Å²) >= 11 is 0. The molecule has 1 aromatic carbocycles. The Labute approximate surface area is 107 Å². The second-order valence-corrected chi connectivity index (χ2v) is 5.06. The number of piperidine rings is 1. The summed E-state index contributed by atoms with van der Waals surface area (Å²) < 4.78 is 18.7. The molecule has 0 radical (unpaired) electrons. The first-order chi connectivity index (χ1) is 8.60. The molecule has 4 heteroatoms. The average Bonchev–Trinajstić information content (AvgIpc) is 2.36. The lowest BCUT2D eigenvalue weighted by Crippen LogP contribution is -2.43. The topological polar surface area (TPSA) is 32.7 Å². The summed E-state index contributed by atoms with van der Waals surface area (Å²) in [5.41, 5.74) is 0.884. The smallest absolute Gasteiger partial charge is 0.165 e. The van der Waals surface area contributed by atoms with E-state index in [1.54, 1.807) is 13.2 Å². The van der Waals surface area contributed by atoms with E-state index in [1.807, 2.05) is 0 Å². The first-order valence-corrected chi connectivity index (χ1v) is 6.32. The SMILES string of the molecule is COC1CN(Cc2ccc(O)c(F)c2)CCC1C. The molecule has 100 valence electrons. The van der Waals surface area contributed by atoms with Gasteiger partial charge in [-0.15, -0.1) is 0 Å². The van der Waals surface area contributed by atoms with Gasteiger partial charge in [0.15, 0.2) is 11.6 Å². The summed E-state index contributed by atoms with van der Waals surface area (Å²) in [6, 6.07) is 4.57. The minimum absolute atomic E-state index is 0.251. The molecule has 1 fully saturated rings. The molecule has 0 saturated carbocycles. The van der Waals surface area contributed by atoms with Gasteiger partial charge in [-0.05, 0) is 36.6 Å². The summed E-state index contributed by atoms with van der Waals surface area (Å²) in [5, 5.41) is 9.16. The van der Waals surface area contributed by atoms with E-state index in [0.29, 0.717) is 12.5 Å². The number of likely N-dealkylation sites (tertiary alicyclic amines) is 1. The summed E-state index contributed by atoms with van der Waals surface area (Å²) in [4.78, 5) is 2.26. The number of phenols is 1. The molecular weight excluding hydrogens is 233 g/mol. The Hall–Kier alpha value is -1.13. The van der Waals surface area contributed by atoms with Gasteiger partial charge < -0.3 is 9.84 Å². The average molecular weight is 253 g/mol. The van der Waals surface area contributed by atoms with Crippen LogP contribution in [0.25, 0.3) is 0 Å². The molecule has 1 saturated heterocycles. The van der Waals surface area contributed by atoms with E-state index in [4.69, 9.17) is 9.84 Å².